The van der Waals surface area contributed by atoms with Crippen LogP contribution in [0.3, 0.4) is 0 Å². The number of hydrogen-bond donors (Lipinski definition) is 1. The average molecular weight is 299 g/mol. The standard InChI is InChI=1S/C17H21N3O2/c1-21-15-9-14(10-16(11-15)22-2)20-8-6-13(12-20)19-17-5-3-4-7-18-17/h3-5,7,9-11,13H,6,8,12H2,1-2H3,(H,18,19). The number of benzene rings is 1. The first kappa shape index (κ1) is 14.5. The normalized spacial score (nSPS) is 17.4. The lowest BCUT2D eigenvalue weighted by molar-refractivity contribution is 0.394. The molecule has 116 valence electrons. The summed E-state index contributed by atoms with van der Waals surface area (Å²) < 4.78 is 10.7. The molecular weight excluding hydrogens is 278 g/mol. The fraction of sp³-hybridized carbons (Fsp3) is 0.353. The van der Waals surface area contributed by atoms with Crippen molar-refractivity contribution >= 4 is 11.5 Å². The summed E-state index contributed by atoms with van der Waals surface area (Å²) in [6.45, 7) is 1.94. The summed E-state index contributed by atoms with van der Waals surface area (Å²) in [6.07, 6.45) is 2.89. The van der Waals surface area contributed by atoms with E-state index in [1.807, 2.05) is 42.6 Å². The Morgan fingerprint density at radius 1 is 1.14 bits per heavy atom. The second-order valence-electron chi connectivity index (χ2n) is 5.36. The van der Waals surface area contributed by atoms with Gasteiger partial charge in [-0.25, -0.2) is 4.98 Å². The Labute approximate surface area is 130 Å². The molecule has 1 aliphatic heterocycles. The number of methoxy groups -OCH3 is 2. The molecule has 1 fully saturated rings. The van der Waals surface area contributed by atoms with Crippen LogP contribution in [-0.2, 0) is 0 Å². The molecule has 0 spiro atoms. The quantitative estimate of drug-likeness (QED) is 0.920. The molecule has 1 atom stereocenters. The number of anilines is 2. The molecule has 0 aliphatic carbocycles. The molecule has 0 saturated carbocycles. The molecular formula is C17H21N3O2. The maximum absolute atomic E-state index is 5.35. The van der Waals surface area contributed by atoms with Crippen molar-refractivity contribution in [3.8, 4) is 11.5 Å². The minimum Gasteiger partial charge on any atom is -0.497 e. The number of rotatable bonds is 5. The maximum Gasteiger partial charge on any atom is 0.126 e. The Morgan fingerprint density at radius 2 is 1.91 bits per heavy atom. The molecule has 0 amide bonds. The van der Waals surface area contributed by atoms with E-state index in [4.69, 9.17) is 9.47 Å². The Balaban J connectivity index is 1.69. The lowest BCUT2D eigenvalue weighted by Crippen LogP contribution is -2.26. The fourth-order valence-electron chi connectivity index (χ4n) is 2.74. The van der Waals surface area contributed by atoms with Crippen LogP contribution in [0.5, 0.6) is 11.5 Å². The van der Waals surface area contributed by atoms with Gasteiger partial charge in [-0.15, -0.1) is 0 Å². The molecule has 0 bridgehead atoms. The second-order valence-corrected chi connectivity index (χ2v) is 5.36. The highest BCUT2D eigenvalue weighted by molar-refractivity contribution is 5.57. The van der Waals surface area contributed by atoms with Gasteiger partial charge in [0.1, 0.15) is 17.3 Å². The first-order valence-electron chi connectivity index (χ1n) is 7.44. The van der Waals surface area contributed by atoms with Gasteiger partial charge in [-0.1, -0.05) is 6.07 Å². The Kier molecular flexibility index (Phi) is 4.32. The monoisotopic (exact) mass is 299 g/mol. The van der Waals surface area contributed by atoms with E-state index in [2.05, 4.69) is 15.2 Å². The van der Waals surface area contributed by atoms with E-state index in [0.29, 0.717) is 6.04 Å². The topological polar surface area (TPSA) is 46.6 Å². The van der Waals surface area contributed by atoms with Crippen LogP contribution < -0.4 is 19.7 Å². The summed E-state index contributed by atoms with van der Waals surface area (Å²) >= 11 is 0. The summed E-state index contributed by atoms with van der Waals surface area (Å²) in [6, 6.07) is 12.3. The molecule has 1 N–H and O–H groups in total. The number of ether oxygens (including phenoxy) is 2. The summed E-state index contributed by atoms with van der Waals surface area (Å²) in [5.74, 6) is 2.56. The van der Waals surface area contributed by atoms with E-state index >= 15 is 0 Å². The van der Waals surface area contributed by atoms with Gasteiger partial charge in [-0.05, 0) is 18.6 Å². The van der Waals surface area contributed by atoms with E-state index in [1.54, 1.807) is 14.2 Å². The van der Waals surface area contributed by atoms with E-state index in [9.17, 15) is 0 Å². The molecule has 1 aromatic heterocycles. The highest BCUT2D eigenvalue weighted by atomic mass is 16.5. The number of hydrogen-bond acceptors (Lipinski definition) is 5. The molecule has 5 heteroatoms. The van der Waals surface area contributed by atoms with Crippen LogP contribution in [0.25, 0.3) is 0 Å². The molecule has 22 heavy (non-hydrogen) atoms. The van der Waals surface area contributed by atoms with Gasteiger partial charge in [0.25, 0.3) is 0 Å². The Morgan fingerprint density at radius 3 is 2.55 bits per heavy atom. The van der Waals surface area contributed by atoms with Crippen molar-refractivity contribution in [1.82, 2.24) is 4.98 Å². The zero-order chi connectivity index (χ0) is 15.4. The lowest BCUT2D eigenvalue weighted by atomic mass is 10.2. The van der Waals surface area contributed by atoms with Gasteiger partial charge in [0.15, 0.2) is 0 Å². The summed E-state index contributed by atoms with van der Waals surface area (Å²) in [5.41, 5.74) is 1.13. The molecule has 5 nitrogen and oxygen atoms in total. The SMILES string of the molecule is COc1cc(OC)cc(N2CCC(Nc3ccccn3)C2)c1. The van der Waals surface area contributed by atoms with Crippen LogP contribution in [0, 0.1) is 0 Å². The van der Waals surface area contributed by atoms with Gasteiger partial charge in [0.05, 0.1) is 14.2 Å². The number of pyridine rings is 1. The number of nitrogens with one attached hydrogen (secondary N) is 1. The van der Waals surface area contributed by atoms with Crippen molar-refractivity contribution in [2.75, 3.05) is 37.5 Å². The molecule has 1 unspecified atom stereocenters. The molecule has 2 aromatic rings. The first-order chi connectivity index (χ1) is 10.8. The van der Waals surface area contributed by atoms with E-state index in [0.717, 1.165) is 42.5 Å². The van der Waals surface area contributed by atoms with Gasteiger partial charge in [-0.3, -0.25) is 0 Å². The molecule has 2 heterocycles. The molecule has 1 aromatic carbocycles. The predicted octanol–water partition coefficient (Wildman–Crippen LogP) is 2.79. The summed E-state index contributed by atoms with van der Waals surface area (Å²) in [7, 11) is 3.35. The van der Waals surface area contributed by atoms with Crippen molar-refractivity contribution in [2.24, 2.45) is 0 Å². The third-order valence-corrected chi connectivity index (χ3v) is 3.91. The smallest absolute Gasteiger partial charge is 0.126 e. The molecule has 0 radical (unpaired) electrons. The minimum atomic E-state index is 0.395. The van der Waals surface area contributed by atoms with Crippen LogP contribution >= 0.6 is 0 Å². The fourth-order valence-corrected chi connectivity index (χ4v) is 2.74. The summed E-state index contributed by atoms with van der Waals surface area (Å²) in [4.78, 5) is 6.66. The summed E-state index contributed by atoms with van der Waals surface area (Å²) in [5, 5.41) is 3.48. The van der Waals surface area contributed by atoms with Crippen molar-refractivity contribution in [1.29, 1.82) is 0 Å². The first-order valence-corrected chi connectivity index (χ1v) is 7.44. The van der Waals surface area contributed by atoms with Crippen molar-refractivity contribution in [3.63, 3.8) is 0 Å². The van der Waals surface area contributed by atoms with Crippen molar-refractivity contribution in [2.45, 2.75) is 12.5 Å². The zero-order valence-corrected chi connectivity index (χ0v) is 13.0. The molecule has 1 saturated heterocycles. The Bertz CT molecular complexity index is 596. The van der Waals surface area contributed by atoms with Crippen LogP contribution in [0.4, 0.5) is 11.5 Å². The maximum atomic E-state index is 5.35. The van der Waals surface area contributed by atoms with Crippen molar-refractivity contribution in [3.05, 3.63) is 42.6 Å². The van der Waals surface area contributed by atoms with Crippen molar-refractivity contribution < 1.29 is 9.47 Å². The van der Waals surface area contributed by atoms with E-state index in [-0.39, 0.29) is 0 Å². The Hall–Kier alpha value is -2.43. The van der Waals surface area contributed by atoms with Crippen LogP contribution in [0.1, 0.15) is 6.42 Å². The zero-order valence-electron chi connectivity index (χ0n) is 13.0. The highest BCUT2D eigenvalue weighted by Gasteiger charge is 2.23. The van der Waals surface area contributed by atoms with Gasteiger partial charge < -0.3 is 19.7 Å². The largest absolute Gasteiger partial charge is 0.497 e. The van der Waals surface area contributed by atoms with E-state index < -0.39 is 0 Å². The third-order valence-electron chi connectivity index (χ3n) is 3.91. The number of aromatic nitrogens is 1. The van der Waals surface area contributed by atoms with Gasteiger partial charge in [0.2, 0.25) is 0 Å². The highest BCUT2D eigenvalue weighted by Crippen LogP contribution is 2.30. The predicted molar refractivity (Wildman–Crippen MR) is 88.0 cm³/mol. The second kappa shape index (κ2) is 6.56. The lowest BCUT2D eigenvalue weighted by Gasteiger charge is -2.20. The van der Waals surface area contributed by atoms with E-state index in [1.165, 1.54) is 0 Å². The third kappa shape index (κ3) is 3.24. The van der Waals surface area contributed by atoms with Crippen LogP contribution in [0.2, 0.25) is 0 Å². The van der Waals surface area contributed by atoms with Gasteiger partial charge in [-0.2, -0.15) is 0 Å². The van der Waals surface area contributed by atoms with Gasteiger partial charge in [0, 0.05) is 49.2 Å². The average Bonchev–Trinajstić information content (AvgIpc) is 3.03. The van der Waals surface area contributed by atoms with Gasteiger partial charge >= 0.3 is 0 Å². The van der Waals surface area contributed by atoms with Crippen LogP contribution in [-0.4, -0.2) is 38.3 Å². The van der Waals surface area contributed by atoms with Crippen LogP contribution in [0.15, 0.2) is 42.6 Å². The minimum absolute atomic E-state index is 0.395. The molecule has 1 aliphatic rings. The molecule has 3 rings (SSSR count). The number of nitrogens with zero attached hydrogens (tertiary/aromatic N) is 2.